The topological polar surface area (TPSA) is 98.6 Å². The fourth-order valence-corrected chi connectivity index (χ4v) is 2.47. The molecule has 0 amide bonds. The van der Waals surface area contributed by atoms with Crippen LogP contribution in [0, 0.1) is 6.92 Å². The molecule has 0 fully saturated rings. The molecule has 2 N–H and O–H groups in total. The number of thioether (sulfide) groups is 1. The van der Waals surface area contributed by atoms with Gasteiger partial charge in [-0.05, 0) is 6.92 Å². The van der Waals surface area contributed by atoms with Gasteiger partial charge in [0.15, 0.2) is 5.16 Å². The van der Waals surface area contributed by atoms with E-state index in [0.29, 0.717) is 24.1 Å². The number of nitrogens with two attached hydrogens (primary N) is 1. The molecule has 0 aromatic carbocycles. The number of nitrogen functional groups attached to an aromatic ring is 1. The fourth-order valence-electron chi connectivity index (χ4n) is 1.63. The average molecular weight is 306 g/mol. The van der Waals surface area contributed by atoms with E-state index in [1.54, 1.807) is 4.90 Å². The number of anilines is 2. The van der Waals surface area contributed by atoms with Gasteiger partial charge in [-0.15, -0.1) is 16.8 Å². The Kier molecular flexibility index (Phi) is 4.73. The first kappa shape index (κ1) is 15.2. The van der Waals surface area contributed by atoms with E-state index in [4.69, 9.17) is 5.73 Å². The van der Waals surface area contributed by atoms with Crippen molar-refractivity contribution in [2.45, 2.75) is 24.4 Å². The van der Waals surface area contributed by atoms with Gasteiger partial charge >= 0.3 is 0 Å². The normalized spacial score (nSPS) is 10.6. The molecule has 2 aromatic heterocycles. The van der Waals surface area contributed by atoms with Crippen molar-refractivity contribution in [1.29, 1.82) is 0 Å². The third-order valence-electron chi connectivity index (χ3n) is 2.63. The second-order valence-electron chi connectivity index (χ2n) is 4.52. The summed E-state index contributed by atoms with van der Waals surface area (Å²) in [5, 5.41) is 9.02. The second kappa shape index (κ2) is 6.53. The summed E-state index contributed by atoms with van der Waals surface area (Å²) in [5.41, 5.74) is 5.70. The summed E-state index contributed by atoms with van der Waals surface area (Å²) in [6.45, 7) is 6.32. The summed E-state index contributed by atoms with van der Waals surface area (Å²) in [6, 6.07) is 0. The minimum atomic E-state index is 0.216. The first-order valence-electron chi connectivity index (χ1n) is 6.32. The van der Waals surface area contributed by atoms with Crippen molar-refractivity contribution in [2.24, 2.45) is 0 Å². The predicted octanol–water partition coefficient (Wildman–Crippen LogP) is 0.898. The lowest BCUT2D eigenvalue weighted by atomic mass is 10.6. The van der Waals surface area contributed by atoms with Crippen LogP contribution in [-0.2, 0) is 12.3 Å². The number of allylic oxidation sites excluding steroid dienone is 1. The second-order valence-corrected chi connectivity index (χ2v) is 5.46. The van der Waals surface area contributed by atoms with E-state index in [1.807, 2.05) is 31.7 Å². The highest BCUT2D eigenvalue weighted by Crippen LogP contribution is 2.21. The quantitative estimate of drug-likeness (QED) is 0.621. The lowest BCUT2D eigenvalue weighted by Crippen LogP contribution is -2.16. The van der Waals surface area contributed by atoms with E-state index in [1.165, 1.54) is 11.8 Å². The van der Waals surface area contributed by atoms with Gasteiger partial charge in [0.05, 0.1) is 5.75 Å². The van der Waals surface area contributed by atoms with E-state index in [-0.39, 0.29) is 5.95 Å². The maximum Gasteiger partial charge on any atom is 0.229 e. The van der Waals surface area contributed by atoms with Crippen LogP contribution in [0.25, 0.3) is 0 Å². The van der Waals surface area contributed by atoms with Gasteiger partial charge < -0.3 is 15.2 Å². The molecule has 0 atom stereocenters. The molecular formula is C12H18N8S. The van der Waals surface area contributed by atoms with E-state index in [0.717, 1.165) is 11.0 Å². The standard InChI is InChI=1S/C12H18N8S/c1-5-6-20-8(2)17-18-12(20)21-7-9-14-10(13)16-11(15-9)19(3)4/h5H,1,6-7H2,2-4H3,(H2,13,14,15,16). The lowest BCUT2D eigenvalue weighted by molar-refractivity contribution is 0.703. The van der Waals surface area contributed by atoms with Gasteiger partial charge in [0.2, 0.25) is 11.9 Å². The Morgan fingerprint density at radius 2 is 2.05 bits per heavy atom. The van der Waals surface area contributed by atoms with Crippen molar-refractivity contribution in [3.05, 3.63) is 24.3 Å². The van der Waals surface area contributed by atoms with Crippen LogP contribution in [0.3, 0.4) is 0 Å². The fraction of sp³-hybridized carbons (Fsp3) is 0.417. The molecular weight excluding hydrogens is 288 g/mol. The van der Waals surface area contributed by atoms with Crippen LogP contribution in [0.5, 0.6) is 0 Å². The van der Waals surface area contributed by atoms with Gasteiger partial charge in [0.25, 0.3) is 0 Å². The first-order chi connectivity index (χ1) is 10.0. The smallest absolute Gasteiger partial charge is 0.229 e. The van der Waals surface area contributed by atoms with Crippen LogP contribution < -0.4 is 10.6 Å². The van der Waals surface area contributed by atoms with Crippen LogP contribution in [-0.4, -0.2) is 43.8 Å². The summed E-state index contributed by atoms with van der Waals surface area (Å²) < 4.78 is 1.98. The maximum absolute atomic E-state index is 5.70. The number of hydrogen-bond donors (Lipinski definition) is 1. The third-order valence-corrected chi connectivity index (χ3v) is 3.59. The van der Waals surface area contributed by atoms with E-state index < -0.39 is 0 Å². The molecule has 0 aliphatic carbocycles. The Balaban J connectivity index is 2.15. The summed E-state index contributed by atoms with van der Waals surface area (Å²) in [7, 11) is 3.71. The summed E-state index contributed by atoms with van der Waals surface area (Å²) in [5.74, 6) is 2.77. The molecule has 8 nitrogen and oxygen atoms in total. The van der Waals surface area contributed by atoms with Crippen molar-refractivity contribution in [3.8, 4) is 0 Å². The third kappa shape index (κ3) is 3.69. The van der Waals surface area contributed by atoms with Crippen molar-refractivity contribution in [1.82, 2.24) is 29.7 Å². The van der Waals surface area contributed by atoms with Crippen LogP contribution in [0.4, 0.5) is 11.9 Å². The molecule has 112 valence electrons. The molecule has 2 aromatic rings. The Labute approximate surface area is 127 Å². The first-order valence-corrected chi connectivity index (χ1v) is 7.31. The van der Waals surface area contributed by atoms with Crippen molar-refractivity contribution in [2.75, 3.05) is 24.7 Å². The van der Waals surface area contributed by atoms with Gasteiger partial charge in [0, 0.05) is 20.6 Å². The molecule has 2 heterocycles. The average Bonchev–Trinajstić information content (AvgIpc) is 2.77. The van der Waals surface area contributed by atoms with E-state index in [2.05, 4.69) is 31.7 Å². The number of aromatic nitrogens is 6. The molecule has 2 rings (SSSR count). The molecule has 0 aliphatic rings. The molecule has 0 saturated heterocycles. The van der Waals surface area contributed by atoms with Gasteiger partial charge in [-0.3, -0.25) is 0 Å². The molecule has 0 bridgehead atoms. The molecule has 0 radical (unpaired) electrons. The number of rotatable bonds is 6. The highest BCUT2D eigenvalue weighted by atomic mass is 32.2. The summed E-state index contributed by atoms with van der Waals surface area (Å²) in [4.78, 5) is 14.4. The zero-order valence-electron chi connectivity index (χ0n) is 12.3. The zero-order valence-corrected chi connectivity index (χ0v) is 13.1. The number of hydrogen-bond acceptors (Lipinski definition) is 8. The van der Waals surface area contributed by atoms with Gasteiger partial charge in [-0.2, -0.15) is 15.0 Å². The highest BCUT2D eigenvalue weighted by molar-refractivity contribution is 7.98. The molecule has 0 saturated carbocycles. The van der Waals surface area contributed by atoms with Crippen LogP contribution in [0.15, 0.2) is 17.8 Å². The summed E-state index contributed by atoms with van der Waals surface area (Å²) in [6.07, 6.45) is 1.81. The molecule has 9 heteroatoms. The Hall–Kier alpha value is -2.16. The van der Waals surface area contributed by atoms with Crippen LogP contribution in [0.2, 0.25) is 0 Å². The summed E-state index contributed by atoms with van der Waals surface area (Å²) >= 11 is 1.50. The van der Waals surface area contributed by atoms with Crippen LogP contribution in [0.1, 0.15) is 11.6 Å². The minimum absolute atomic E-state index is 0.216. The largest absolute Gasteiger partial charge is 0.368 e. The number of aryl methyl sites for hydroxylation is 1. The van der Waals surface area contributed by atoms with Crippen molar-refractivity contribution < 1.29 is 0 Å². The molecule has 21 heavy (non-hydrogen) atoms. The lowest BCUT2D eigenvalue weighted by Gasteiger charge is -2.11. The van der Waals surface area contributed by atoms with Gasteiger partial charge in [0.1, 0.15) is 11.6 Å². The van der Waals surface area contributed by atoms with Crippen molar-refractivity contribution in [3.63, 3.8) is 0 Å². The Morgan fingerprint density at radius 1 is 1.29 bits per heavy atom. The SMILES string of the molecule is C=CCn1c(C)nnc1SCc1nc(N)nc(N(C)C)n1. The van der Waals surface area contributed by atoms with E-state index in [9.17, 15) is 0 Å². The van der Waals surface area contributed by atoms with Gasteiger partial charge in [-0.25, -0.2) is 0 Å². The zero-order chi connectivity index (χ0) is 15.4. The minimum Gasteiger partial charge on any atom is -0.368 e. The Morgan fingerprint density at radius 3 is 2.71 bits per heavy atom. The Bertz CT molecular complexity index is 636. The molecule has 0 spiro atoms. The van der Waals surface area contributed by atoms with Gasteiger partial charge in [-0.1, -0.05) is 17.8 Å². The maximum atomic E-state index is 5.70. The highest BCUT2D eigenvalue weighted by Gasteiger charge is 2.11. The molecule has 0 unspecified atom stereocenters. The number of nitrogens with zero attached hydrogens (tertiary/aromatic N) is 7. The van der Waals surface area contributed by atoms with Crippen molar-refractivity contribution >= 4 is 23.7 Å². The monoisotopic (exact) mass is 306 g/mol. The van der Waals surface area contributed by atoms with Crippen LogP contribution >= 0.6 is 11.8 Å². The molecule has 0 aliphatic heterocycles. The van der Waals surface area contributed by atoms with E-state index >= 15 is 0 Å². The predicted molar refractivity (Wildman–Crippen MR) is 83.1 cm³/mol.